The van der Waals surface area contributed by atoms with Crippen LogP contribution in [-0.2, 0) is 4.74 Å². The molecule has 2 saturated heterocycles. The van der Waals surface area contributed by atoms with E-state index in [4.69, 9.17) is 32.9 Å². The minimum Gasteiger partial charge on any atom is -0.378 e. The van der Waals surface area contributed by atoms with Crippen LogP contribution in [0.1, 0.15) is 24.8 Å². The van der Waals surface area contributed by atoms with Crippen molar-refractivity contribution in [2.75, 3.05) is 54.6 Å². The molecule has 3 heterocycles. The zero-order chi connectivity index (χ0) is 20.1. The number of piperidine rings is 1. The van der Waals surface area contributed by atoms with Gasteiger partial charge in [-0.25, -0.2) is 5.43 Å². The molecule has 1 aromatic carbocycles. The highest BCUT2D eigenvalue weighted by molar-refractivity contribution is 6.43. The number of aromatic nitrogens is 3. The van der Waals surface area contributed by atoms with Gasteiger partial charge in [-0.3, -0.25) is 0 Å². The molecule has 0 atom stereocenters. The molecule has 0 radical (unpaired) electrons. The van der Waals surface area contributed by atoms with Crippen LogP contribution in [0, 0.1) is 0 Å². The first-order valence-corrected chi connectivity index (χ1v) is 10.5. The Morgan fingerprint density at radius 3 is 2.34 bits per heavy atom. The van der Waals surface area contributed by atoms with E-state index in [1.54, 1.807) is 12.3 Å². The number of nitrogens with one attached hydrogen (secondary N) is 1. The summed E-state index contributed by atoms with van der Waals surface area (Å²) in [6, 6.07) is 5.40. The van der Waals surface area contributed by atoms with Gasteiger partial charge in [0.2, 0.25) is 17.8 Å². The normalized spacial score (nSPS) is 17.7. The van der Waals surface area contributed by atoms with Crippen LogP contribution in [0.4, 0.5) is 17.8 Å². The molecular weight excluding hydrogens is 413 g/mol. The van der Waals surface area contributed by atoms with E-state index >= 15 is 0 Å². The summed E-state index contributed by atoms with van der Waals surface area (Å²) in [5.41, 5.74) is 3.63. The average Bonchev–Trinajstić information content (AvgIpc) is 2.78. The monoisotopic (exact) mass is 435 g/mol. The Morgan fingerprint density at radius 2 is 1.62 bits per heavy atom. The quantitative estimate of drug-likeness (QED) is 0.568. The Labute approximate surface area is 179 Å². The molecule has 2 aliphatic heterocycles. The Hall–Kier alpha value is -2.16. The van der Waals surface area contributed by atoms with Gasteiger partial charge in [0.25, 0.3) is 0 Å². The molecule has 1 aromatic heterocycles. The van der Waals surface area contributed by atoms with Gasteiger partial charge < -0.3 is 14.5 Å². The molecule has 2 fully saturated rings. The van der Waals surface area contributed by atoms with Crippen molar-refractivity contribution in [3.8, 4) is 0 Å². The van der Waals surface area contributed by atoms with E-state index in [2.05, 4.69) is 30.3 Å². The lowest BCUT2D eigenvalue weighted by molar-refractivity contribution is 0.122. The van der Waals surface area contributed by atoms with Gasteiger partial charge in [0.1, 0.15) is 0 Å². The van der Waals surface area contributed by atoms with Gasteiger partial charge in [-0.05, 0) is 25.3 Å². The van der Waals surface area contributed by atoms with Crippen LogP contribution in [-0.4, -0.2) is 60.6 Å². The Kier molecular flexibility index (Phi) is 6.63. The summed E-state index contributed by atoms with van der Waals surface area (Å²) in [7, 11) is 0. The minimum atomic E-state index is 0.400. The van der Waals surface area contributed by atoms with Crippen molar-refractivity contribution in [1.29, 1.82) is 0 Å². The lowest BCUT2D eigenvalue weighted by Gasteiger charge is -2.30. The van der Waals surface area contributed by atoms with Crippen LogP contribution in [0.3, 0.4) is 0 Å². The van der Waals surface area contributed by atoms with Crippen molar-refractivity contribution in [2.24, 2.45) is 5.10 Å². The van der Waals surface area contributed by atoms with E-state index in [1.165, 1.54) is 6.42 Å². The van der Waals surface area contributed by atoms with Crippen molar-refractivity contribution in [3.05, 3.63) is 33.8 Å². The molecule has 8 nitrogen and oxygen atoms in total. The first-order chi connectivity index (χ1) is 14.2. The SMILES string of the molecule is Clc1cccc(/C=N\Nc2nc(N3CCCCC3)nc(N3CCOCC3)n2)c1Cl. The maximum Gasteiger partial charge on any atom is 0.250 e. The second-order valence-corrected chi connectivity index (χ2v) is 7.70. The topological polar surface area (TPSA) is 78.8 Å². The molecule has 10 heteroatoms. The van der Waals surface area contributed by atoms with E-state index < -0.39 is 0 Å². The third-order valence-electron chi connectivity index (χ3n) is 4.89. The fraction of sp³-hybridized carbons (Fsp3) is 0.474. The van der Waals surface area contributed by atoms with Gasteiger partial charge in [-0.2, -0.15) is 20.1 Å². The van der Waals surface area contributed by atoms with Gasteiger partial charge in [-0.15, -0.1) is 0 Å². The molecule has 29 heavy (non-hydrogen) atoms. The smallest absolute Gasteiger partial charge is 0.250 e. The summed E-state index contributed by atoms with van der Waals surface area (Å²) < 4.78 is 5.45. The predicted octanol–water partition coefficient (Wildman–Crippen LogP) is 3.45. The standard InChI is InChI=1S/C19H23Cl2N7O/c20-15-6-4-5-14(16(15)21)13-22-26-17-23-18(27-7-2-1-3-8-27)25-19(24-17)28-9-11-29-12-10-28/h4-6,13H,1-3,7-12H2,(H,23,24,25,26)/b22-13-. The first-order valence-electron chi connectivity index (χ1n) is 9.77. The fourth-order valence-electron chi connectivity index (χ4n) is 3.32. The Morgan fingerprint density at radius 1 is 0.931 bits per heavy atom. The predicted molar refractivity (Wildman–Crippen MR) is 117 cm³/mol. The fourth-order valence-corrected chi connectivity index (χ4v) is 3.68. The highest BCUT2D eigenvalue weighted by Crippen LogP contribution is 2.24. The average molecular weight is 436 g/mol. The number of hydrazone groups is 1. The number of nitrogens with zero attached hydrogens (tertiary/aromatic N) is 6. The number of ether oxygens (including phenoxy) is 1. The number of rotatable bonds is 5. The van der Waals surface area contributed by atoms with Crippen LogP contribution in [0.15, 0.2) is 23.3 Å². The first kappa shape index (κ1) is 20.1. The van der Waals surface area contributed by atoms with E-state index in [-0.39, 0.29) is 0 Å². The lowest BCUT2D eigenvalue weighted by Crippen LogP contribution is -2.38. The number of hydrogen-bond donors (Lipinski definition) is 1. The lowest BCUT2D eigenvalue weighted by atomic mass is 10.1. The zero-order valence-corrected chi connectivity index (χ0v) is 17.5. The largest absolute Gasteiger partial charge is 0.378 e. The van der Waals surface area contributed by atoms with Crippen LogP contribution >= 0.6 is 23.2 Å². The minimum absolute atomic E-state index is 0.400. The van der Waals surface area contributed by atoms with Crippen LogP contribution in [0.5, 0.6) is 0 Å². The number of hydrogen-bond acceptors (Lipinski definition) is 8. The van der Waals surface area contributed by atoms with E-state index in [9.17, 15) is 0 Å². The highest BCUT2D eigenvalue weighted by atomic mass is 35.5. The van der Waals surface area contributed by atoms with Crippen LogP contribution < -0.4 is 15.2 Å². The number of halogens is 2. The Bertz CT molecular complexity index is 831. The maximum atomic E-state index is 6.21. The molecule has 0 aliphatic carbocycles. The molecule has 154 valence electrons. The molecule has 0 spiro atoms. The summed E-state index contributed by atoms with van der Waals surface area (Å²) in [5.74, 6) is 1.72. The molecule has 2 aromatic rings. The van der Waals surface area contributed by atoms with Gasteiger partial charge >= 0.3 is 0 Å². The van der Waals surface area contributed by atoms with Gasteiger partial charge in [-0.1, -0.05) is 35.3 Å². The van der Waals surface area contributed by atoms with Crippen LogP contribution in [0.25, 0.3) is 0 Å². The summed E-state index contributed by atoms with van der Waals surface area (Å²) in [5, 5.41) is 5.19. The van der Waals surface area contributed by atoms with Crippen molar-refractivity contribution < 1.29 is 4.74 Å². The maximum absolute atomic E-state index is 6.21. The van der Waals surface area contributed by atoms with E-state index in [1.807, 2.05) is 12.1 Å². The summed E-state index contributed by atoms with van der Waals surface area (Å²) >= 11 is 12.3. The van der Waals surface area contributed by atoms with Gasteiger partial charge in [0, 0.05) is 31.7 Å². The van der Waals surface area contributed by atoms with Gasteiger partial charge in [0.15, 0.2) is 0 Å². The van der Waals surface area contributed by atoms with Gasteiger partial charge in [0.05, 0.1) is 29.5 Å². The number of morpholine rings is 1. The molecule has 1 N–H and O–H groups in total. The molecule has 0 bridgehead atoms. The van der Waals surface area contributed by atoms with Crippen molar-refractivity contribution in [1.82, 2.24) is 15.0 Å². The molecule has 0 saturated carbocycles. The van der Waals surface area contributed by atoms with Crippen molar-refractivity contribution >= 4 is 47.3 Å². The number of benzene rings is 1. The molecular formula is C19H23Cl2N7O. The van der Waals surface area contributed by atoms with Crippen molar-refractivity contribution in [3.63, 3.8) is 0 Å². The highest BCUT2D eigenvalue weighted by Gasteiger charge is 2.20. The zero-order valence-electron chi connectivity index (χ0n) is 16.0. The van der Waals surface area contributed by atoms with Crippen molar-refractivity contribution in [2.45, 2.75) is 19.3 Å². The van der Waals surface area contributed by atoms with E-state index in [0.717, 1.165) is 39.0 Å². The molecule has 2 aliphatic rings. The summed E-state index contributed by atoms with van der Waals surface area (Å²) in [6.45, 7) is 4.74. The number of anilines is 3. The molecule has 0 unspecified atom stereocenters. The summed E-state index contributed by atoms with van der Waals surface area (Å²) in [6.07, 6.45) is 5.14. The molecule has 0 amide bonds. The Balaban J connectivity index is 1.57. The molecule has 4 rings (SSSR count). The third-order valence-corrected chi connectivity index (χ3v) is 5.73. The van der Waals surface area contributed by atoms with Crippen LogP contribution in [0.2, 0.25) is 10.0 Å². The second kappa shape index (κ2) is 9.56. The second-order valence-electron chi connectivity index (χ2n) is 6.92. The van der Waals surface area contributed by atoms with E-state index in [0.29, 0.717) is 46.7 Å². The third kappa shape index (κ3) is 5.07. The summed E-state index contributed by atoms with van der Waals surface area (Å²) in [4.78, 5) is 18.2.